The van der Waals surface area contributed by atoms with Crippen LogP contribution in [0.4, 0.5) is 0 Å². The number of hydrogen-bond donors (Lipinski definition) is 0. The van der Waals surface area contributed by atoms with Gasteiger partial charge in [-0.3, -0.25) is 4.79 Å². The maximum Gasteiger partial charge on any atom is 0.339 e. The van der Waals surface area contributed by atoms with E-state index in [4.69, 9.17) is 4.74 Å². The van der Waals surface area contributed by atoms with Crippen LogP contribution in [-0.2, 0) is 14.6 Å². The number of carbonyl (C=O) groups is 2. The van der Waals surface area contributed by atoms with Gasteiger partial charge in [-0.15, -0.1) is 0 Å². The molecule has 5 nitrogen and oxygen atoms in total. The third kappa shape index (κ3) is 4.08. The van der Waals surface area contributed by atoms with Crippen LogP contribution in [0, 0.1) is 6.92 Å². The predicted molar refractivity (Wildman–Crippen MR) is 89.9 cm³/mol. The van der Waals surface area contributed by atoms with E-state index >= 15 is 0 Å². The Kier molecular flexibility index (Phi) is 5.19. The van der Waals surface area contributed by atoms with Gasteiger partial charge in [0, 0.05) is 11.8 Å². The lowest BCUT2D eigenvalue weighted by molar-refractivity contribution is 0.0318. The number of ketones is 1. The van der Waals surface area contributed by atoms with Gasteiger partial charge in [0.05, 0.1) is 10.5 Å². The first-order valence-electron chi connectivity index (χ1n) is 7.31. The molecule has 0 bridgehead atoms. The highest BCUT2D eigenvalue weighted by molar-refractivity contribution is 7.90. The lowest BCUT2D eigenvalue weighted by atomic mass is 10.1. The number of aryl methyl sites for hydroxylation is 1. The van der Waals surface area contributed by atoms with Crippen LogP contribution in [0.5, 0.6) is 0 Å². The Bertz CT molecular complexity index is 870. The summed E-state index contributed by atoms with van der Waals surface area (Å²) >= 11 is 0. The summed E-state index contributed by atoms with van der Waals surface area (Å²) in [4.78, 5) is 24.6. The van der Waals surface area contributed by atoms with Gasteiger partial charge < -0.3 is 4.74 Å². The molecule has 0 aliphatic heterocycles. The first-order chi connectivity index (χ1) is 11.2. The summed E-state index contributed by atoms with van der Waals surface area (Å²) in [5.74, 6) is -1.05. The molecule has 0 N–H and O–H groups in total. The fourth-order valence-electron chi connectivity index (χ4n) is 2.17. The second-order valence-electron chi connectivity index (χ2n) is 5.53. The molecule has 0 radical (unpaired) electrons. The zero-order chi connectivity index (χ0) is 17.9. The van der Waals surface area contributed by atoms with Crippen LogP contribution in [-0.4, -0.2) is 32.5 Å². The Morgan fingerprint density at radius 1 is 1.04 bits per heavy atom. The van der Waals surface area contributed by atoms with Crippen LogP contribution >= 0.6 is 0 Å². The average Bonchev–Trinajstić information content (AvgIpc) is 2.54. The standard InChI is InChI=1S/C18H18O5S/c1-12-9-10-15(24(3,21)22)11-16(12)18(20)23-13(2)17(19)14-7-5-4-6-8-14/h4-11,13H,1-3H3. The van der Waals surface area contributed by atoms with Gasteiger partial charge in [-0.2, -0.15) is 0 Å². The molecule has 2 rings (SSSR count). The maximum atomic E-state index is 12.3. The van der Waals surface area contributed by atoms with Crippen molar-refractivity contribution in [1.82, 2.24) is 0 Å². The number of benzene rings is 2. The van der Waals surface area contributed by atoms with Gasteiger partial charge >= 0.3 is 5.97 Å². The molecule has 2 aromatic rings. The van der Waals surface area contributed by atoms with Crippen LogP contribution in [0.1, 0.15) is 33.2 Å². The van der Waals surface area contributed by atoms with E-state index in [-0.39, 0.29) is 16.2 Å². The normalized spacial score (nSPS) is 12.5. The molecule has 24 heavy (non-hydrogen) atoms. The first kappa shape index (κ1) is 17.9. The number of sulfone groups is 1. The van der Waals surface area contributed by atoms with Crippen molar-refractivity contribution in [2.75, 3.05) is 6.26 Å². The third-order valence-corrected chi connectivity index (χ3v) is 4.68. The number of carbonyl (C=O) groups excluding carboxylic acids is 2. The van der Waals surface area contributed by atoms with Crippen LogP contribution in [0.15, 0.2) is 53.4 Å². The molecule has 0 saturated heterocycles. The van der Waals surface area contributed by atoms with Crippen molar-refractivity contribution >= 4 is 21.6 Å². The van der Waals surface area contributed by atoms with Crippen molar-refractivity contribution in [2.24, 2.45) is 0 Å². The minimum atomic E-state index is -3.44. The van der Waals surface area contributed by atoms with E-state index in [0.717, 1.165) is 6.26 Å². The molecule has 6 heteroatoms. The second-order valence-corrected chi connectivity index (χ2v) is 7.54. The van der Waals surface area contributed by atoms with Crippen LogP contribution in [0.3, 0.4) is 0 Å². The van der Waals surface area contributed by atoms with Crippen molar-refractivity contribution in [3.8, 4) is 0 Å². The third-order valence-electron chi connectivity index (χ3n) is 3.57. The molecule has 0 aromatic heterocycles. The maximum absolute atomic E-state index is 12.3. The first-order valence-corrected chi connectivity index (χ1v) is 9.20. The van der Waals surface area contributed by atoms with Gasteiger partial charge in [-0.25, -0.2) is 13.2 Å². The molecule has 0 fully saturated rings. The van der Waals surface area contributed by atoms with E-state index < -0.39 is 21.9 Å². The van der Waals surface area contributed by atoms with E-state index in [1.54, 1.807) is 37.3 Å². The monoisotopic (exact) mass is 346 g/mol. The molecule has 2 aromatic carbocycles. The summed E-state index contributed by atoms with van der Waals surface area (Å²) in [6.45, 7) is 3.16. The molecule has 0 saturated carbocycles. The van der Waals surface area contributed by atoms with Gasteiger partial charge in [0.15, 0.2) is 15.9 Å². The van der Waals surface area contributed by atoms with Crippen LogP contribution in [0.25, 0.3) is 0 Å². The molecule has 0 amide bonds. The largest absolute Gasteiger partial charge is 0.451 e. The minimum Gasteiger partial charge on any atom is -0.451 e. The fraction of sp³-hybridized carbons (Fsp3) is 0.222. The summed E-state index contributed by atoms with van der Waals surface area (Å²) in [6.07, 6.45) is 0.0927. The number of esters is 1. The number of Topliss-reactive ketones (excluding diaryl/α,β-unsaturated/α-hetero) is 1. The SMILES string of the molecule is Cc1ccc(S(C)(=O)=O)cc1C(=O)OC(C)C(=O)c1ccccc1. The summed E-state index contributed by atoms with van der Waals surface area (Å²) in [6, 6.07) is 12.8. The van der Waals surface area contributed by atoms with Crippen molar-refractivity contribution in [1.29, 1.82) is 0 Å². The molecule has 0 heterocycles. The second kappa shape index (κ2) is 6.97. The van der Waals surface area contributed by atoms with Crippen LogP contribution < -0.4 is 0 Å². The molecule has 126 valence electrons. The Morgan fingerprint density at radius 2 is 1.67 bits per heavy atom. The summed E-state index contributed by atoms with van der Waals surface area (Å²) in [5, 5.41) is 0. The van der Waals surface area contributed by atoms with Crippen molar-refractivity contribution in [3.05, 3.63) is 65.2 Å². The van der Waals surface area contributed by atoms with Crippen molar-refractivity contribution in [3.63, 3.8) is 0 Å². The highest BCUT2D eigenvalue weighted by Gasteiger charge is 2.22. The average molecular weight is 346 g/mol. The Morgan fingerprint density at radius 3 is 2.25 bits per heavy atom. The lowest BCUT2D eigenvalue weighted by Crippen LogP contribution is -2.25. The Balaban J connectivity index is 2.22. The molecule has 1 unspecified atom stereocenters. The fourth-order valence-corrected chi connectivity index (χ4v) is 2.81. The van der Waals surface area contributed by atoms with E-state index in [2.05, 4.69) is 0 Å². The van der Waals surface area contributed by atoms with Crippen molar-refractivity contribution in [2.45, 2.75) is 24.8 Å². The number of ether oxygens (including phenoxy) is 1. The number of rotatable bonds is 5. The zero-order valence-electron chi connectivity index (χ0n) is 13.6. The molecule has 1 atom stereocenters. The predicted octanol–water partition coefficient (Wildman–Crippen LogP) is 2.83. The van der Waals surface area contributed by atoms with Gasteiger partial charge in [0.1, 0.15) is 0 Å². The number of hydrogen-bond acceptors (Lipinski definition) is 5. The van der Waals surface area contributed by atoms with E-state index in [9.17, 15) is 18.0 Å². The van der Waals surface area contributed by atoms with Crippen molar-refractivity contribution < 1.29 is 22.7 Å². The summed E-state index contributed by atoms with van der Waals surface area (Å²) in [5.41, 5.74) is 1.15. The van der Waals surface area contributed by atoms with Gasteiger partial charge in [0.25, 0.3) is 0 Å². The highest BCUT2D eigenvalue weighted by Crippen LogP contribution is 2.18. The lowest BCUT2D eigenvalue weighted by Gasteiger charge is -2.14. The zero-order valence-corrected chi connectivity index (χ0v) is 14.5. The minimum absolute atomic E-state index is 0.0297. The highest BCUT2D eigenvalue weighted by atomic mass is 32.2. The van der Waals surface area contributed by atoms with Crippen LogP contribution in [0.2, 0.25) is 0 Å². The van der Waals surface area contributed by atoms with Gasteiger partial charge in [-0.1, -0.05) is 36.4 Å². The van der Waals surface area contributed by atoms with E-state index in [1.165, 1.54) is 25.1 Å². The van der Waals surface area contributed by atoms with E-state index in [0.29, 0.717) is 11.1 Å². The quantitative estimate of drug-likeness (QED) is 0.614. The molecule has 0 aliphatic carbocycles. The topological polar surface area (TPSA) is 77.5 Å². The van der Waals surface area contributed by atoms with E-state index in [1.807, 2.05) is 0 Å². The Hall–Kier alpha value is -2.47. The molecular weight excluding hydrogens is 328 g/mol. The Labute approximate surface area is 141 Å². The molecule has 0 spiro atoms. The van der Waals surface area contributed by atoms with Gasteiger partial charge in [0.2, 0.25) is 5.78 Å². The van der Waals surface area contributed by atoms with Gasteiger partial charge in [-0.05, 0) is 31.5 Å². The smallest absolute Gasteiger partial charge is 0.339 e. The molecular formula is C18H18O5S. The summed E-state index contributed by atoms with van der Waals surface area (Å²) < 4.78 is 28.5. The molecule has 0 aliphatic rings. The summed E-state index contributed by atoms with van der Waals surface area (Å²) in [7, 11) is -3.44.